The van der Waals surface area contributed by atoms with E-state index in [-0.39, 0.29) is 23.7 Å². The van der Waals surface area contributed by atoms with Gasteiger partial charge in [0, 0.05) is 29.2 Å². The van der Waals surface area contributed by atoms with Crippen molar-refractivity contribution in [2.45, 2.75) is 20.3 Å². The second kappa shape index (κ2) is 13.0. The largest absolute Gasteiger partial charge is 0.462 e. The molecule has 3 aromatic rings. The van der Waals surface area contributed by atoms with Gasteiger partial charge < -0.3 is 14.2 Å². The van der Waals surface area contributed by atoms with Crippen molar-refractivity contribution in [1.29, 1.82) is 0 Å². The second-order valence-corrected chi connectivity index (χ2v) is 8.50. The van der Waals surface area contributed by atoms with Crippen LogP contribution in [0.2, 0.25) is 0 Å². The third kappa shape index (κ3) is 8.13. The third-order valence-electron chi connectivity index (χ3n) is 5.24. The Kier molecular flexibility index (Phi) is 9.48. The van der Waals surface area contributed by atoms with Gasteiger partial charge in [0.2, 0.25) is 0 Å². The summed E-state index contributed by atoms with van der Waals surface area (Å²) in [4.78, 5) is 35.2. The molecule has 0 heterocycles. The maximum Gasteiger partial charge on any atom is 0.338 e. The number of carbonyl (C=O) groups excluding carboxylic acids is 3. The predicted molar refractivity (Wildman–Crippen MR) is 143 cm³/mol. The van der Waals surface area contributed by atoms with Gasteiger partial charge in [-0.15, -0.1) is 0 Å². The van der Waals surface area contributed by atoms with Gasteiger partial charge >= 0.3 is 17.9 Å². The average Bonchev–Trinajstić information content (AvgIpc) is 2.89. The number of esters is 3. The van der Waals surface area contributed by atoms with Crippen molar-refractivity contribution in [2.24, 2.45) is 0 Å². The fourth-order valence-corrected chi connectivity index (χ4v) is 3.19. The molecule has 0 radical (unpaired) electrons. The first kappa shape index (κ1) is 27.8. The smallest absolute Gasteiger partial charge is 0.338 e. The summed E-state index contributed by atoms with van der Waals surface area (Å²) < 4.78 is 30.1. The summed E-state index contributed by atoms with van der Waals surface area (Å²) in [5.41, 5.74) is 3.13. The zero-order valence-electron chi connectivity index (χ0n) is 21.2. The average molecular weight is 515 g/mol. The minimum Gasteiger partial charge on any atom is -0.462 e. The van der Waals surface area contributed by atoms with Gasteiger partial charge in [0.25, 0.3) is 0 Å². The highest BCUT2D eigenvalue weighted by atomic mass is 19.1. The van der Waals surface area contributed by atoms with Gasteiger partial charge in [-0.1, -0.05) is 49.6 Å². The SMILES string of the molecule is C=C(C)C(=O)OCCc1ccc(-c2ccc(/C=C/C(=O)Oc3ccc(OC(=O)C(=C)C)cc3)cc2)c(F)c1. The maximum atomic E-state index is 14.7. The second-order valence-electron chi connectivity index (χ2n) is 8.50. The minimum absolute atomic E-state index is 0.143. The summed E-state index contributed by atoms with van der Waals surface area (Å²) in [6, 6.07) is 17.9. The van der Waals surface area contributed by atoms with Crippen LogP contribution in [-0.4, -0.2) is 24.5 Å². The molecule has 0 fully saturated rings. The van der Waals surface area contributed by atoms with Crippen molar-refractivity contribution in [3.05, 3.63) is 114 Å². The highest BCUT2D eigenvalue weighted by molar-refractivity contribution is 5.89. The molecule has 3 aromatic carbocycles. The predicted octanol–water partition coefficient (Wildman–Crippen LogP) is 6.25. The molecule has 0 N–H and O–H groups in total. The molecule has 0 aliphatic heterocycles. The summed E-state index contributed by atoms with van der Waals surface area (Å²) in [6.45, 7) is 10.3. The van der Waals surface area contributed by atoms with Crippen LogP contribution in [0.4, 0.5) is 4.39 Å². The fraction of sp³-hybridized carbons (Fsp3) is 0.129. The molecule has 0 aliphatic carbocycles. The summed E-state index contributed by atoms with van der Waals surface area (Å²) in [6.07, 6.45) is 3.25. The topological polar surface area (TPSA) is 78.9 Å². The number of hydrogen-bond acceptors (Lipinski definition) is 6. The van der Waals surface area contributed by atoms with Crippen molar-refractivity contribution in [3.63, 3.8) is 0 Å². The van der Waals surface area contributed by atoms with Crippen molar-refractivity contribution in [1.82, 2.24) is 0 Å². The summed E-state index contributed by atoms with van der Waals surface area (Å²) >= 11 is 0. The molecule has 3 rings (SSSR count). The van der Waals surface area contributed by atoms with Crippen molar-refractivity contribution in [3.8, 4) is 22.6 Å². The van der Waals surface area contributed by atoms with Crippen molar-refractivity contribution >= 4 is 24.0 Å². The Morgan fingerprint density at radius 1 is 0.816 bits per heavy atom. The first-order chi connectivity index (χ1) is 18.1. The molecule has 0 aromatic heterocycles. The van der Waals surface area contributed by atoms with E-state index >= 15 is 0 Å². The molecule has 0 saturated carbocycles. The number of halogens is 1. The number of rotatable bonds is 10. The van der Waals surface area contributed by atoms with Gasteiger partial charge in [0.1, 0.15) is 17.3 Å². The summed E-state index contributed by atoms with van der Waals surface area (Å²) in [5.74, 6) is -1.39. The lowest BCUT2D eigenvalue weighted by Crippen LogP contribution is -2.08. The Balaban J connectivity index is 1.55. The van der Waals surface area contributed by atoms with E-state index in [9.17, 15) is 18.8 Å². The van der Waals surface area contributed by atoms with E-state index in [0.29, 0.717) is 34.4 Å². The Morgan fingerprint density at radius 2 is 1.42 bits per heavy atom. The summed E-state index contributed by atoms with van der Waals surface area (Å²) in [5, 5.41) is 0. The fourth-order valence-electron chi connectivity index (χ4n) is 3.19. The maximum absolute atomic E-state index is 14.7. The van der Waals surface area contributed by atoms with Crippen molar-refractivity contribution in [2.75, 3.05) is 6.61 Å². The quantitative estimate of drug-likeness (QED) is 0.181. The van der Waals surface area contributed by atoms with Gasteiger partial charge in [-0.05, 0) is 66.9 Å². The van der Waals surface area contributed by atoms with Crippen LogP contribution < -0.4 is 9.47 Å². The molecule has 6 nitrogen and oxygen atoms in total. The van der Waals surface area contributed by atoms with Gasteiger partial charge in [-0.2, -0.15) is 0 Å². The molecule has 0 unspecified atom stereocenters. The monoisotopic (exact) mass is 514 g/mol. The van der Waals surface area contributed by atoms with E-state index in [4.69, 9.17) is 14.2 Å². The third-order valence-corrected chi connectivity index (χ3v) is 5.24. The molecule has 0 aliphatic rings. The van der Waals surface area contributed by atoms with E-state index in [1.807, 2.05) is 0 Å². The number of ether oxygens (including phenoxy) is 3. The summed E-state index contributed by atoms with van der Waals surface area (Å²) in [7, 11) is 0. The van der Waals surface area contributed by atoms with E-state index in [0.717, 1.165) is 5.56 Å². The minimum atomic E-state index is -0.587. The molecule has 194 valence electrons. The highest BCUT2D eigenvalue weighted by Crippen LogP contribution is 2.25. The lowest BCUT2D eigenvalue weighted by atomic mass is 10.0. The van der Waals surface area contributed by atoms with E-state index in [1.54, 1.807) is 56.3 Å². The van der Waals surface area contributed by atoms with Gasteiger partial charge in [-0.3, -0.25) is 0 Å². The molecule has 7 heteroatoms. The molecule has 0 spiro atoms. The lowest BCUT2D eigenvalue weighted by Gasteiger charge is -2.08. The number of benzene rings is 3. The van der Waals surface area contributed by atoms with Crippen LogP contribution in [-0.2, 0) is 25.5 Å². The van der Waals surface area contributed by atoms with Crippen LogP contribution >= 0.6 is 0 Å². The van der Waals surface area contributed by atoms with Crippen LogP contribution in [0.25, 0.3) is 17.2 Å². The molecule has 0 amide bonds. The van der Waals surface area contributed by atoms with Crippen LogP contribution in [0.1, 0.15) is 25.0 Å². The van der Waals surface area contributed by atoms with Crippen molar-refractivity contribution < 1.29 is 33.0 Å². The highest BCUT2D eigenvalue weighted by Gasteiger charge is 2.09. The van der Waals surface area contributed by atoms with Gasteiger partial charge in [0.15, 0.2) is 0 Å². The molecular formula is C31H27FO6. The van der Waals surface area contributed by atoms with Gasteiger partial charge in [-0.25, -0.2) is 18.8 Å². The molecule has 0 bridgehead atoms. The van der Waals surface area contributed by atoms with Crippen LogP contribution in [0.3, 0.4) is 0 Å². The number of hydrogen-bond donors (Lipinski definition) is 0. The van der Waals surface area contributed by atoms with Gasteiger partial charge in [0.05, 0.1) is 6.61 Å². The van der Waals surface area contributed by atoms with E-state index in [1.165, 1.54) is 36.4 Å². The molecule has 0 saturated heterocycles. The van der Waals surface area contributed by atoms with Crippen LogP contribution in [0, 0.1) is 5.82 Å². The Morgan fingerprint density at radius 3 is 2.00 bits per heavy atom. The molecular weight excluding hydrogens is 487 g/mol. The Hall–Kier alpha value is -4.78. The first-order valence-corrected chi connectivity index (χ1v) is 11.7. The zero-order valence-corrected chi connectivity index (χ0v) is 21.2. The van der Waals surface area contributed by atoms with Crippen LogP contribution in [0.15, 0.2) is 97.1 Å². The Labute approximate surface area is 220 Å². The normalized spacial score (nSPS) is 10.6. The number of carbonyl (C=O) groups is 3. The Bertz CT molecular complexity index is 1380. The van der Waals surface area contributed by atoms with E-state index < -0.39 is 17.9 Å². The molecule has 0 atom stereocenters. The van der Waals surface area contributed by atoms with Crippen LogP contribution in [0.5, 0.6) is 11.5 Å². The van der Waals surface area contributed by atoms with E-state index in [2.05, 4.69) is 13.2 Å². The zero-order chi connectivity index (χ0) is 27.7. The standard InChI is InChI=1S/C31H27FO6/c1-20(2)30(34)36-18-17-23-7-15-27(28(32)19-23)24-9-5-22(6-10-24)8-16-29(33)37-25-11-13-26(14-12-25)38-31(35)21(3)4/h5-16,19H,1,3,17-18H2,2,4H3/b16-8+. The molecule has 38 heavy (non-hydrogen) atoms. The first-order valence-electron chi connectivity index (χ1n) is 11.7. The lowest BCUT2D eigenvalue weighted by molar-refractivity contribution is -0.138.